The number of nitrogens with zero attached hydrogens (tertiary/aromatic N) is 4. The van der Waals surface area contributed by atoms with E-state index in [1.165, 1.54) is 0 Å². The average molecular weight is 358 g/mol. The van der Waals surface area contributed by atoms with Crippen LogP contribution < -0.4 is 4.90 Å². The maximum atomic E-state index is 9.75. The molecule has 0 amide bonds. The van der Waals surface area contributed by atoms with E-state index in [1.54, 1.807) is 6.20 Å². The van der Waals surface area contributed by atoms with E-state index in [4.69, 9.17) is 9.72 Å². The van der Waals surface area contributed by atoms with Crippen molar-refractivity contribution in [3.05, 3.63) is 65.5 Å². The number of pyridine rings is 2. The van der Waals surface area contributed by atoms with Crippen LogP contribution in [0.5, 0.6) is 0 Å². The molecule has 1 fully saturated rings. The molecular formula is C22H22N4O. The topological polar surface area (TPSA) is 62.0 Å². The van der Waals surface area contributed by atoms with Crippen LogP contribution in [-0.2, 0) is 11.3 Å². The molecule has 1 aromatic carbocycles. The molecule has 1 aliphatic rings. The molecule has 0 saturated carbocycles. The van der Waals surface area contributed by atoms with Gasteiger partial charge in [0.25, 0.3) is 0 Å². The molecule has 1 aliphatic heterocycles. The monoisotopic (exact) mass is 358 g/mol. The Labute approximate surface area is 159 Å². The van der Waals surface area contributed by atoms with Crippen molar-refractivity contribution >= 4 is 16.7 Å². The van der Waals surface area contributed by atoms with Gasteiger partial charge in [-0.25, -0.2) is 4.98 Å². The molecule has 0 N–H and O–H groups in total. The number of benzene rings is 1. The highest BCUT2D eigenvalue weighted by Gasteiger charge is 2.25. The van der Waals surface area contributed by atoms with Gasteiger partial charge in [-0.2, -0.15) is 5.26 Å². The summed E-state index contributed by atoms with van der Waals surface area (Å²) in [6.07, 6.45) is 3.93. The Bertz CT molecular complexity index is 981. The van der Waals surface area contributed by atoms with Crippen LogP contribution in [0.1, 0.15) is 29.7 Å². The fraction of sp³-hybridized carbons (Fsp3) is 0.318. The van der Waals surface area contributed by atoms with Gasteiger partial charge in [-0.15, -0.1) is 0 Å². The van der Waals surface area contributed by atoms with Crippen LogP contribution in [0.25, 0.3) is 10.9 Å². The zero-order valence-electron chi connectivity index (χ0n) is 15.4. The van der Waals surface area contributed by atoms with Gasteiger partial charge in [0, 0.05) is 24.7 Å². The van der Waals surface area contributed by atoms with Crippen molar-refractivity contribution in [2.75, 3.05) is 18.0 Å². The summed E-state index contributed by atoms with van der Waals surface area (Å²) in [4.78, 5) is 11.3. The molecule has 1 atom stereocenters. The van der Waals surface area contributed by atoms with Crippen molar-refractivity contribution in [2.24, 2.45) is 0 Å². The second-order valence-electron chi connectivity index (χ2n) is 6.91. The van der Waals surface area contributed by atoms with Gasteiger partial charge in [-0.3, -0.25) is 4.98 Å². The average Bonchev–Trinajstić information content (AvgIpc) is 2.73. The second kappa shape index (κ2) is 7.73. The van der Waals surface area contributed by atoms with E-state index >= 15 is 0 Å². The van der Waals surface area contributed by atoms with E-state index in [-0.39, 0.29) is 6.10 Å². The lowest BCUT2D eigenvalue weighted by Gasteiger charge is -2.34. The van der Waals surface area contributed by atoms with Crippen LogP contribution in [0.4, 0.5) is 5.82 Å². The quantitative estimate of drug-likeness (QED) is 0.705. The number of ether oxygens (including phenoxy) is 1. The first kappa shape index (κ1) is 17.4. The Morgan fingerprint density at radius 3 is 2.89 bits per heavy atom. The van der Waals surface area contributed by atoms with Gasteiger partial charge in [0.1, 0.15) is 11.9 Å². The van der Waals surface area contributed by atoms with Crippen molar-refractivity contribution in [3.8, 4) is 6.07 Å². The summed E-state index contributed by atoms with van der Waals surface area (Å²) < 4.78 is 6.10. The SMILES string of the molecule is Cc1c(C#N)c(N2CCCC(OCc3ccccn3)C2)nc2ccccc12. The Balaban J connectivity index is 1.57. The minimum absolute atomic E-state index is 0.112. The number of hydrogen-bond donors (Lipinski definition) is 0. The molecule has 136 valence electrons. The minimum atomic E-state index is 0.112. The van der Waals surface area contributed by atoms with E-state index in [0.29, 0.717) is 12.2 Å². The molecule has 5 nitrogen and oxygen atoms in total. The zero-order valence-corrected chi connectivity index (χ0v) is 15.4. The van der Waals surface area contributed by atoms with Crippen LogP contribution in [0, 0.1) is 18.3 Å². The van der Waals surface area contributed by atoms with Gasteiger partial charge < -0.3 is 9.64 Å². The summed E-state index contributed by atoms with van der Waals surface area (Å²) in [6, 6.07) is 16.2. The van der Waals surface area contributed by atoms with Gasteiger partial charge >= 0.3 is 0 Å². The maximum Gasteiger partial charge on any atom is 0.147 e. The van der Waals surface area contributed by atoms with Gasteiger partial charge in [0.05, 0.1) is 29.5 Å². The Morgan fingerprint density at radius 1 is 1.22 bits per heavy atom. The fourth-order valence-electron chi connectivity index (χ4n) is 3.68. The molecule has 0 aliphatic carbocycles. The van der Waals surface area contributed by atoms with Gasteiger partial charge in [-0.05, 0) is 43.5 Å². The number of nitriles is 1. The highest BCUT2D eigenvalue weighted by molar-refractivity contribution is 5.87. The third-order valence-electron chi connectivity index (χ3n) is 5.12. The molecule has 5 heteroatoms. The molecule has 3 heterocycles. The van der Waals surface area contributed by atoms with Crippen LogP contribution in [0.2, 0.25) is 0 Å². The first-order valence-corrected chi connectivity index (χ1v) is 9.32. The molecule has 2 aromatic heterocycles. The number of para-hydroxylation sites is 1. The number of aryl methyl sites for hydroxylation is 1. The maximum absolute atomic E-state index is 9.75. The summed E-state index contributed by atoms with van der Waals surface area (Å²) in [6.45, 7) is 4.15. The second-order valence-corrected chi connectivity index (χ2v) is 6.91. The zero-order chi connectivity index (χ0) is 18.6. The molecule has 1 unspecified atom stereocenters. The highest BCUT2D eigenvalue weighted by atomic mass is 16.5. The van der Waals surface area contributed by atoms with Crippen LogP contribution in [0.15, 0.2) is 48.7 Å². The number of anilines is 1. The van der Waals surface area contributed by atoms with Gasteiger partial charge in [-0.1, -0.05) is 24.3 Å². The third kappa shape index (κ3) is 3.62. The number of rotatable bonds is 4. The van der Waals surface area contributed by atoms with Gasteiger partial charge in [0.2, 0.25) is 0 Å². The first-order chi connectivity index (χ1) is 13.3. The van der Waals surface area contributed by atoms with E-state index in [2.05, 4.69) is 16.0 Å². The van der Waals surface area contributed by atoms with Crippen LogP contribution >= 0.6 is 0 Å². The van der Waals surface area contributed by atoms with E-state index < -0.39 is 0 Å². The molecule has 1 saturated heterocycles. The molecule has 3 aromatic rings. The summed E-state index contributed by atoms with van der Waals surface area (Å²) in [5, 5.41) is 10.8. The van der Waals surface area contributed by atoms with E-state index in [9.17, 15) is 5.26 Å². The van der Waals surface area contributed by atoms with E-state index in [0.717, 1.165) is 53.9 Å². The predicted molar refractivity (Wildman–Crippen MR) is 105 cm³/mol. The molecule has 0 radical (unpaired) electrons. The summed E-state index contributed by atoms with van der Waals surface area (Å²) >= 11 is 0. The summed E-state index contributed by atoms with van der Waals surface area (Å²) in [7, 11) is 0. The summed E-state index contributed by atoms with van der Waals surface area (Å²) in [5.41, 5.74) is 3.53. The molecule has 0 spiro atoms. The van der Waals surface area contributed by atoms with Crippen molar-refractivity contribution in [2.45, 2.75) is 32.5 Å². The Hall–Kier alpha value is -2.97. The van der Waals surface area contributed by atoms with Crippen molar-refractivity contribution < 1.29 is 4.74 Å². The number of piperidine rings is 1. The fourth-order valence-corrected chi connectivity index (χ4v) is 3.68. The van der Waals surface area contributed by atoms with Gasteiger partial charge in [0.15, 0.2) is 0 Å². The molecule has 4 rings (SSSR count). The lowest BCUT2D eigenvalue weighted by Crippen LogP contribution is -2.40. The molecule has 27 heavy (non-hydrogen) atoms. The normalized spacial score (nSPS) is 17.0. The largest absolute Gasteiger partial charge is 0.370 e. The van der Waals surface area contributed by atoms with Crippen LogP contribution in [0.3, 0.4) is 0 Å². The lowest BCUT2D eigenvalue weighted by molar-refractivity contribution is 0.0297. The first-order valence-electron chi connectivity index (χ1n) is 9.32. The third-order valence-corrected chi connectivity index (χ3v) is 5.12. The minimum Gasteiger partial charge on any atom is -0.370 e. The smallest absolute Gasteiger partial charge is 0.147 e. The number of aromatic nitrogens is 2. The van der Waals surface area contributed by atoms with Crippen LogP contribution in [-0.4, -0.2) is 29.2 Å². The molecule has 0 bridgehead atoms. The van der Waals surface area contributed by atoms with Crippen molar-refractivity contribution in [1.29, 1.82) is 5.26 Å². The Kier molecular flexibility index (Phi) is 4.99. The standard InChI is InChI=1S/C22H22N4O/c1-16-19-9-2-3-10-21(19)25-22(20(16)13-23)26-12-6-8-18(14-26)27-15-17-7-4-5-11-24-17/h2-5,7,9-11,18H,6,8,12,14-15H2,1H3. The van der Waals surface area contributed by atoms with Crippen molar-refractivity contribution in [3.63, 3.8) is 0 Å². The lowest BCUT2D eigenvalue weighted by atomic mass is 10.0. The number of fused-ring (bicyclic) bond motifs is 1. The van der Waals surface area contributed by atoms with E-state index in [1.807, 2.05) is 49.4 Å². The number of hydrogen-bond acceptors (Lipinski definition) is 5. The van der Waals surface area contributed by atoms with Crippen molar-refractivity contribution in [1.82, 2.24) is 9.97 Å². The predicted octanol–water partition coefficient (Wildman–Crippen LogP) is 4.00. The molecular weight excluding hydrogens is 336 g/mol. The summed E-state index contributed by atoms with van der Waals surface area (Å²) in [5.74, 6) is 0.778. The highest BCUT2D eigenvalue weighted by Crippen LogP contribution is 2.30. The Morgan fingerprint density at radius 2 is 2.07 bits per heavy atom.